The molecule has 0 aromatic rings. The lowest BCUT2D eigenvalue weighted by Gasteiger charge is -2.09. The van der Waals surface area contributed by atoms with E-state index >= 15 is 0 Å². The van der Waals surface area contributed by atoms with E-state index in [-0.39, 0.29) is 0 Å². The van der Waals surface area contributed by atoms with Gasteiger partial charge in [-0.1, -0.05) is 83.8 Å². The third-order valence-electron chi connectivity index (χ3n) is 5.08. The zero-order chi connectivity index (χ0) is 18.4. The molecular formula is C23H48N2. The average molecular weight is 353 g/mol. The molecule has 0 spiro atoms. The summed E-state index contributed by atoms with van der Waals surface area (Å²) < 4.78 is 0. The van der Waals surface area contributed by atoms with Crippen LogP contribution >= 0.6 is 0 Å². The Hall–Kier alpha value is -0.340. The van der Waals surface area contributed by atoms with Crippen molar-refractivity contribution in [3.63, 3.8) is 0 Å². The minimum absolute atomic E-state index is 0.382. The number of rotatable bonds is 20. The van der Waals surface area contributed by atoms with Gasteiger partial charge in [0.25, 0.3) is 0 Å². The van der Waals surface area contributed by atoms with Crippen LogP contribution in [0.15, 0.2) is 12.2 Å². The molecule has 0 aliphatic carbocycles. The summed E-state index contributed by atoms with van der Waals surface area (Å²) in [6.45, 7) is 6.69. The summed E-state index contributed by atoms with van der Waals surface area (Å²) in [5.41, 5.74) is 5.90. The zero-order valence-electron chi connectivity index (χ0n) is 17.5. The Morgan fingerprint density at radius 2 is 1.20 bits per heavy atom. The Morgan fingerprint density at radius 3 is 1.76 bits per heavy atom. The first-order valence-electron chi connectivity index (χ1n) is 11.4. The van der Waals surface area contributed by atoms with E-state index in [0.29, 0.717) is 6.04 Å². The zero-order valence-corrected chi connectivity index (χ0v) is 17.5. The van der Waals surface area contributed by atoms with Gasteiger partial charge in [0.15, 0.2) is 0 Å². The second-order valence-electron chi connectivity index (χ2n) is 7.64. The van der Waals surface area contributed by atoms with Crippen molar-refractivity contribution in [3.8, 4) is 0 Å². The Balaban J connectivity index is 3.07. The summed E-state index contributed by atoms with van der Waals surface area (Å²) in [6.07, 6.45) is 26.3. The molecule has 0 amide bonds. The van der Waals surface area contributed by atoms with Crippen LogP contribution in [0.2, 0.25) is 0 Å². The Kier molecular flexibility index (Phi) is 21.4. The highest BCUT2D eigenvalue weighted by Crippen LogP contribution is 2.09. The van der Waals surface area contributed by atoms with Crippen molar-refractivity contribution in [2.24, 2.45) is 5.73 Å². The number of nitrogens with two attached hydrogens (primary N) is 1. The molecule has 1 atom stereocenters. The number of hydrogen-bond donors (Lipinski definition) is 2. The SMILES string of the molecule is CCCCCCCCC=CCCCCCCCCNCCC(N)CC. The molecule has 0 aromatic heterocycles. The molecule has 0 fully saturated rings. The summed E-state index contributed by atoms with van der Waals surface area (Å²) in [6, 6.07) is 0.382. The summed E-state index contributed by atoms with van der Waals surface area (Å²) in [5.74, 6) is 0. The molecule has 0 bridgehead atoms. The van der Waals surface area contributed by atoms with E-state index < -0.39 is 0 Å². The number of nitrogens with one attached hydrogen (secondary N) is 1. The average Bonchev–Trinajstić information content (AvgIpc) is 2.63. The molecule has 0 saturated heterocycles. The first kappa shape index (κ1) is 24.7. The van der Waals surface area contributed by atoms with Crippen LogP contribution in [0.1, 0.15) is 117 Å². The van der Waals surface area contributed by atoms with E-state index in [1.165, 1.54) is 89.9 Å². The third-order valence-corrected chi connectivity index (χ3v) is 5.08. The van der Waals surface area contributed by atoms with Gasteiger partial charge in [-0.2, -0.15) is 0 Å². The molecule has 1 unspecified atom stereocenters. The van der Waals surface area contributed by atoms with Gasteiger partial charge < -0.3 is 11.1 Å². The smallest absolute Gasteiger partial charge is 0.00482 e. The van der Waals surface area contributed by atoms with Gasteiger partial charge in [-0.3, -0.25) is 0 Å². The Bertz CT molecular complexity index is 263. The highest BCUT2D eigenvalue weighted by Gasteiger charge is 1.97. The monoisotopic (exact) mass is 352 g/mol. The quantitative estimate of drug-likeness (QED) is 0.188. The maximum absolute atomic E-state index is 5.90. The van der Waals surface area contributed by atoms with Crippen LogP contribution in [0, 0.1) is 0 Å². The molecule has 0 saturated carbocycles. The van der Waals surface area contributed by atoms with Gasteiger partial charge in [-0.15, -0.1) is 0 Å². The fourth-order valence-corrected chi connectivity index (χ4v) is 3.11. The summed E-state index contributed by atoms with van der Waals surface area (Å²) >= 11 is 0. The standard InChI is InChI=1S/C23H48N2/c1-3-5-6-7-8-9-10-11-12-13-14-15-16-17-18-19-21-25-22-20-23(24)4-2/h11-12,23,25H,3-10,13-22,24H2,1-2H3. The van der Waals surface area contributed by atoms with Crippen molar-refractivity contribution >= 4 is 0 Å². The van der Waals surface area contributed by atoms with Crippen molar-refractivity contribution < 1.29 is 0 Å². The van der Waals surface area contributed by atoms with Crippen LogP contribution < -0.4 is 11.1 Å². The number of unbranched alkanes of at least 4 members (excludes halogenated alkanes) is 12. The van der Waals surface area contributed by atoms with E-state index in [9.17, 15) is 0 Å². The van der Waals surface area contributed by atoms with Crippen molar-refractivity contribution in [2.45, 2.75) is 123 Å². The predicted octanol–water partition coefficient (Wildman–Crippen LogP) is 6.74. The fourth-order valence-electron chi connectivity index (χ4n) is 3.11. The molecule has 0 heterocycles. The molecule has 150 valence electrons. The highest BCUT2D eigenvalue weighted by atomic mass is 14.8. The van der Waals surface area contributed by atoms with Crippen molar-refractivity contribution in [1.29, 1.82) is 0 Å². The lowest BCUT2D eigenvalue weighted by Crippen LogP contribution is -2.26. The molecule has 0 aromatic carbocycles. The van der Waals surface area contributed by atoms with E-state index in [0.717, 1.165) is 25.9 Å². The van der Waals surface area contributed by atoms with Crippen molar-refractivity contribution in [2.75, 3.05) is 13.1 Å². The summed E-state index contributed by atoms with van der Waals surface area (Å²) in [7, 11) is 0. The predicted molar refractivity (Wildman–Crippen MR) is 115 cm³/mol. The molecule has 25 heavy (non-hydrogen) atoms. The molecule has 0 rings (SSSR count). The van der Waals surface area contributed by atoms with Gasteiger partial charge in [-0.05, 0) is 58.0 Å². The Morgan fingerprint density at radius 1 is 0.680 bits per heavy atom. The first-order valence-corrected chi connectivity index (χ1v) is 11.4. The maximum atomic E-state index is 5.90. The summed E-state index contributed by atoms with van der Waals surface area (Å²) in [4.78, 5) is 0. The second kappa shape index (κ2) is 21.7. The van der Waals surface area contributed by atoms with Gasteiger partial charge in [0.2, 0.25) is 0 Å². The van der Waals surface area contributed by atoms with E-state index in [4.69, 9.17) is 5.73 Å². The molecule has 2 nitrogen and oxygen atoms in total. The second-order valence-corrected chi connectivity index (χ2v) is 7.64. The van der Waals surface area contributed by atoms with E-state index in [2.05, 4.69) is 31.3 Å². The maximum Gasteiger partial charge on any atom is 0.00482 e. The third kappa shape index (κ3) is 21.6. The van der Waals surface area contributed by atoms with Crippen LogP contribution in [0.3, 0.4) is 0 Å². The normalized spacial score (nSPS) is 12.9. The molecule has 3 N–H and O–H groups in total. The van der Waals surface area contributed by atoms with Gasteiger partial charge in [0, 0.05) is 6.04 Å². The van der Waals surface area contributed by atoms with Crippen LogP contribution in [0.25, 0.3) is 0 Å². The van der Waals surface area contributed by atoms with Crippen LogP contribution in [-0.2, 0) is 0 Å². The van der Waals surface area contributed by atoms with E-state index in [1.54, 1.807) is 0 Å². The van der Waals surface area contributed by atoms with Gasteiger partial charge in [0.1, 0.15) is 0 Å². The van der Waals surface area contributed by atoms with Crippen LogP contribution in [-0.4, -0.2) is 19.1 Å². The number of hydrogen-bond acceptors (Lipinski definition) is 2. The lowest BCUT2D eigenvalue weighted by molar-refractivity contribution is 0.526. The van der Waals surface area contributed by atoms with E-state index in [1.807, 2.05) is 0 Å². The summed E-state index contributed by atoms with van der Waals surface area (Å²) in [5, 5.41) is 3.51. The molecule has 0 aliphatic rings. The van der Waals surface area contributed by atoms with Gasteiger partial charge in [-0.25, -0.2) is 0 Å². The van der Waals surface area contributed by atoms with Crippen molar-refractivity contribution in [3.05, 3.63) is 12.2 Å². The minimum atomic E-state index is 0.382. The van der Waals surface area contributed by atoms with Crippen molar-refractivity contribution in [1.82, 2.24) is 5.32 Å². The van der Waals surface area contributed by atoms with Crippen LogP contribution in [0.4, 0.5) is 0 Å². The number of allylic oxidation sites excluding steroid dienone is 2. The van der Waals surface area contributed by atoms with Crippen LogP contribution in [0.5, 0.6) is 0 Å². The Labute approximate surface area is 159 Å². The van der Waals surface area contributed by atoms with Gasteiger partial charge >= 0.3 is 0 Å². The highest BCUT2D eigenvalue weighted by molar-refractivity contribution is 4.81. The lowest BCUT2D eigenvalue weighted by atomic mass is 10.1. The minimum Gasteiger partial charge on any atom is -0.328 e. The van der Waals surface area contributed by atoms with Gasteiger partial charge in [0.05, 0.1) is 0 Å². The molecular weight excluding hydrogens is 304 g/mol. The molecule has 2 heteroatoms. The molecule has 0 radical (unpaired) electrons. The largest absolute Gasteiger partial charge is 0.328 e. The fraction of sp³-hybridized carbons (Fsp3) is 0.913. The molecule has 0 aliphatic heterocycles. The topological polar surface area (TPSA) is 38.0 Å². The first-order chi connectivity index (χ1) is 12.3.